The summed E-state index contributed by atoms with van der Waals surface area (Å²) in [4.78, 5) is 45.0. The van der Waals surface area contributed by atoms with Crippen LogP contribution in [0.3, 0.4) is 0 Å². The van der Waals surface area contributed by atoms with E-state index >= 15 is 0 Å². The van der Waals surface area contributed by atoms with E-state index < -0.39 is 47.2 Å². The van der Waals surface area contributed by atoms with Crippen LogP contribution in [0, 0.1) is 17.6 Å². The number of benzene rings is 1. The molecule has 0 bridgehead atoms. The highest BCUT2D eigenvalue weighted by Crippen LogP contribution is 2.26. The molecule has 3 atom stereocenters. The van der Waals surface area contributed by atoms with Crippen LogP contribution in [0.5, 0.6) is 0 Å². The fourth-order valence-electron chi connectivity index (χ4n) is 4.35. The van der Waals surface area contributed by atoms with E-state index in [9.17, 15) is 23.2 Å². The van der Waals surface area contributed by atoms with Gasteiger partial charge in [0.1, 0.15) is 17.2 Å². The van der Waals surface area contributed by atoms with Gasteiger partial charge in [0.2, 0.25) is 5.91 Å². The molecule has 3 amide bonds. The zero-order valence-corrected chi connectivity index (χ0v) is 22.6. The predicted molar refractivity (Wildman–Crippen MR) is 140 cm³/mol. The Morgan fingerprint density at radius 2 is 1.93 bits per heavy atom. The first kappa shape index (κ1) is 28.7. The van der Waals surface area contributed by atoms with Crippen molar-refractivity contribution in [2.24, 2.45) is 5.92 Å². The molecule has 0 saturated carbocycles. The van der Waals surface area contributed by atoms with Gasteiger partial charge in [-0.05, 0) is 58.4 Å². The molecule has 2 N–H and O–H groups in total. The summed E-state index contributed by atoms with van der Waals surface area (Å²) >= 11 is 0. The predicted octanol–water partition coefficient (Wildman–Crippen LogP) is 4.25. The van der Waals surface area contributed by atoms with Crippen molar-refractivity contribution in [1.82, 2.24) is 25.7 Å². The number of piperidine rings is 1. The van der Waals surface area contributed by atoms with E-state index in [1.165, 1.54) is 17.0 Å². The van der Waals surface area contributed by atoms with E-state index in [0.29, 0.717) is 11.8 Å². The molecule has 212 valence electrons. The molecule has 10 nitrogen and oxygen atoms in total. The number of nitrogens with one attached hydrogen (secondary N) is 2. The number of carbonyl (C=O) groups is 3. The van der Waals surface area contributed by atoms with Gasteiger partial charge in [-0.25, -0.2) is 13.6 Å². The third-order valence-corrected chi connectivity index (χ3v) is 6.35. The molecule has 0 spiro atoms. The van der Waals surface area contributed by atoms with Crippen LogP contribution in [0.15, 0.2) is 53.2 Å². The number of aromatic nitrogens is 2. The maximum absolute atomic E-state index is 14.2. The number of pyridine rings is 1. The molecule has 0 radical (unpaired) electrons. The number of rotatable bonds is 6. The number of halogens is 2. The zero-order chi connectivity index (χ0) is 29.0. The zero-order valence-electron chi connectivity index (χ0n) is 22.6. The fraction of sp³-hybridized carbons (Fsp3) is 0.393. The highest BCUT2D eigenvalue weighted by atomic mass is 19.1. The molecule has 3 aromatic rings. The van der Waals surface area contributed by atoms with Gasteiger partial charge in [-0.15, -0.1) is 0 Å². The molecule has 12 heteroatoms. The van der Waals surface area contributed by atoms with Crippen LogP contribution in [0.1, 0.15) is 56.3 Å². The highest BCUT2D eigenvalue weighted by Gasteiger charge is 2.39. The van der Waals surface area contributed by atoms with Gasteiger partial charge >= 0.3 is 6.09 Å². The van der Waals surface area contributed by atoms with Gasteiger partial charge in [-0.1, -0.05) is 11.2 Å². The summed E-state index contributed by atoms with van der Waals surface area (Å²) in [7, 11) is 0. The van der Waals surface area contributed by atoms with Gasteiger partial charge in [-0.3, -0.25) is 14.6 Å². The fourth-order valence-corrected chi connectivity index (χ4v) is 4.35. The minimum absolute atomic E-state index is 0.00544. The van der Waals surface area contributed by atoms with Crippen molar-refractivity contribution in [3.63, 3.8) is 0 Å². The van der Waals surface area contributed by atoms with Gasteiger partial charge in [0.05, 0.1) is 23.2 Å². The third kappa shape index (κ3) is 6.99. The van der Waals surface area contributed by atoms with Crippen LogP contribution >= 0.6 is 0 Å². The number of hydrogen-bond donors (Lipinski definition) is 2. The lowest BCUT2D eigenvalue weighted by molar-refractivity contribution is -0.128. The smallest absolute Gasteiger partial charge is 0.410 e. The molecule has 1 aliphatic heterocycles. The molecule has 1 aromatic carbocycles. The van der Waals surface area contributed by atoms with Crippen molar-refractivity contribution in [3.8, 4) is 11.3 Å². The number of nitrogens with zero attached hydrogens (tertiary/aromatic N) is 3. The van der Waals surface area contributed by atoms with Crippen LogP contribution in [0.4, 0.5) is 13.6 Å². The van der Waals surface area contributed by atoms with Gasteiger partial charge in [0.15, 0.2) is 11.5 Å². The van der Waals surface area contributed by atoms with Gasteiger partial charge in [0, 0.05) is 37.5 Å². The van der Waals surface area contributed by atoms with E-state index in [1.54, 1.807) is 46.0 Å². The van der Waals surface area contributed by atoms with Crippen molar-refractivity contribution < 1.29 is 32.4 Å². The summed E-state index contributed by atoms with van der Waals surface area (Å²) in [5.41, 5.74) is -0.268. The molecule has 1 unspecified atom stereocenters. The Balaban J connectivity index is 1.51. The van der Waals surface area contributed by atoms with Gasteiger partial charge in [-0.2, -0.15) is 0 Å². The topological polar surface area (TPSA) is 127 Å². The lowest BCUT2D eigenvalue weighted by Gasteiger charge is -2.38. The highest BCUT2D eigenvalue weighted by molar-refractivity contribution is 5.94. The first-order valence-corrected chi connectivity index (χ1v) is 12.8. The maximum Gasteiger partial charge on any atom is 0.410 e. The summed E-state index contributed by atoms with van der Waals surface area (Å²) in [6.45, 7) is 7.28. The molecule has 1 fully saturated rings. The van der Waals surface area contributed by atoms with Crippen molar-refractivity contribution in [3.05, 3.63) is 71.7 Å². The van der Waals surface area contributed by atoms with E-state index in [4.69, 9.17) is 9.26 Å². The molecule has 2 aromatic heterocycles. The van der Waals surface area contributed by atoms with E-state index in [1.807, 2.05) is 6.07 Å². The summed E-state index contributed by atoms with van der Waals surface area (Å²) in [5, 5.41) is 9.44. The second-order valence-corrected chi connectivity index (χ2v) is 10.6. The Morgan fingerprint density at radius 1 is 1.15 bits per heavy atom. The monoisotopic (exact) mass is 555 g/mol. The largest absolute Gasteiger partial charge is 0.444 e. The van der Waals surface area contributed by atoms with Gasteiger partial charge < -0.3 is 24.8 Å². The standard InChI is InChI=1S/C28H31F2N5O5/c1-16(21-7-5-6-11-31-21)32-25(36)19-15-35(27(38)39-28(2,3)4)12-10-22(19)33-26(37)23-14-24(40-34-23)18-9-8-17(29)13-20(18)30/h5-9,11,13-14,16,19,22H,10,12,15H2,1-4H3,(H,32,36)(H,33,37)/t16?,19-,22-/m1/s1. The second kappa shape index (κ2) is 11.8. The quantitative estimate of drug-likeness (QED) is 0.466. The minimum Gasteiger partial charge on any atom is -0.444 e. The molecule has 0 aliphatic carbocycles. The van der Waals surface area contributed by atoms with E-state index in [2.05, 4.69) is 20.8 Å². The Labute approximate surface area is 230 Å². The second-order valence-electron chi connectivity index (χ2n) is 10.6. The molecule has 3 heterocycles. The maximum atomic E-state index is 14.2. The summed E-state index contributed by atoms with van der Waals surface area (Å²) in [6, 6.07) is 8.45. The molecule has 1 saturated heterocycles. The molecule has 1 aliphatic rings. The van der Waals surface area contributed by atoms with Crippen LogP contribution in [-0.4, -0.2) is 57.7 Å². The van der Waals surface area contributed by atoms with Crippen molar-refractivity contribution in [1.29, 1.82) is 0 Å². The lowest BCUT2D eigenvalue weighted by atomic mass is 9.90. The van der Waals surface area contributed by atoms with Crippen molar-refractivity contribution >= 4 is 17.9 Å². The first-order valence-electron chi connectivity index (χ1n) is 12.8. The Morgan fingerprint density at radius 3 is 2.60 bits per heavy atom. The Kier molecular flexibility index (Phi) is 8.46. The molecule has 40 heavy (non-hydrogen) atoms. The first-order chi connectivity index (χ1) is 18.9. The van der Waals surface area contributed by atoms with Gasteiger partial charge in [0.25, 0.3) is 5.91 Å². The third-order valence-electron chi connectivity index (χ3n) is 6.35. The number of hydrogen-bond acceptors (Lipinski definition) is 7. The number of amides is 3. The average Bonchev–Trinajstić information content (AvgIpc) is 3.38. The molecular weight excluding hydrogens is 524 g/mol. The Bertz CT molecular complexity index is 1370. The van der Waals surface area contributed by atoms with Crippen LogP contribution in [0.2, 0.25) is 0 Å². The summed E-state index contributed by atoms with van der Waals surface area (Å²) in [5.74, 6) is -3.53. The number of ether oxygens (including phenoxy) is 1. The Hall–Kier alpha value is -4.35. The summed E-state index contributed by atoms with van der Waals surface area (Å²) in [6.07, 6.45) is 1.32. The molecular formula is C28H31F2N5O5. The number of likely N-dealkylation sites (tertiary alicyclic amines) is 1. The summed E-state index contributed by atoms with van der Waals surface area (Å²) < 4.78 is 38.1. The molecule has 4 rings (SSSR count). The van der Waals surface area contributed by atoms with Crippen molar-refractivity contribution in [2.75, 3.05) is 13.1 Å². The average molecular weight is 556 g/mol. The van der Waals surface area contributed by atoms with Crippen LogP contribution in [0.25, 0.3) is 11.3 Å². The van der Waals surface area contributed by atoms with Crippen molar-refractivity contribution in [2.45, 2.75) is 51.8 Å². The SMILES string of the molecule is CC(NC(=O)[C@@H]1CN(C(=O)OC(C)(C)C)CC[C@H]1NC(=O)c1cc(-c2ccc(F)cc2F)on1)c1ccccn1. The van der Waals surface area contributed by atoms with Crippen LogP contribution in [-0.2, 0) is 9.53 Å². The number of carbonyl (C=O) groups excluding carboxylic acids is 3. The lowest BCUT2D eigenvalue weighted by Crippen LogP contribution is -2.57. The normalized spacial score (nSPS) is 18.1. The minimum atomic E-state index is -0.864. The van der Waals surface area contributed by atoms with Crippen LogP contribution < -0.4 is 10.6 Å². The van der Waals surface area contributed by atoms with E-state index in [-0.39, 0.29) is 42.4 Å². The van der Waals surface area contributed by atoms with E-state index in [0.717, 1.165) is 6.07 Å².